The second-order valence-corrected chi connectivity index (χ2v) is 6.00. The fraction of sp³-hybridized carbons (Fsp3) is 0.300. The summed E-state index contributed by atoms with van der Waals surface area (Å²) in [6, 6.07) is 13.4. The minimum absolute atomic E-state index is 0.0453. The lowest BCUT2D eigenvalue weighted by molar-refractivity contribution is -0.118. The average Bonchev–Trinajstić information content (AvgIpc) is 2.61. The summed E-state index contributed by atoms with van der Waals surface area (Å²) in [5.74, 6) is 0.960. The first-order chi connectivity index (χ1) is 11.6. The summed E-state index contributed by atoms with van der Waals surface area (Å²) in [6.07, 6.45) is 1.40. The van der Waals surface area contributed by atoms with Gasteiger partial charge in [0.15, 0.2) is 5.78 Å². The molecule has 0 fully saturated rings. The van der Waals surface area contributed by atoms with Crippen molar-refractivity contribution in [3.63, 3.8) is 0 Å². The van der Waals surface area contributed by atoms with Gasteiger partial charge in [0.25, 0.3) is 0 Å². The molecule has 4 heteroatoms. The number of benzene rings is 2. The van der Waals surface area contributed by atoms with E-state index in [0.29, 0.717) is 31.4 Å². The monoisotopic (exact) mass is 323 g/mol. The van der Waals surface area contributed by atoms with Crippen LogP contribution in [0.2, 0.25) is 0 Å². The molecule has 1 amide bonds. The van der Waals surface area contributed by atoms with Gasteiger partial charge in [-0.15, -0.1) is 0 Å². The molecule has 0 spiro atoms. The Labute approximate surface area is 142 Å². The molecule has 0 radical (unpaired) electrons. The highest BCUT2D eigenvalue weighted by Crippen LogP contribution is 2.31. The van der Waals surface area contributed by atoms with E-state index in [-0.39, 0.29) is 11.7 Å². The Morgan fingerprint density at radius 2 is 1.96 bits per heavy atom. The minimum atomic E-state index is 0.0453. The van der Waals surface area contributed by atoms with E-state index in [4.69, 9.17) is 4.74 Å². The Bertz CT molecular complexity index is 782. The predicted octanol–water partition coefficient (Wildman–Crippen LogP) is 3.56. The molecule has 1 aliphatic heterocycles. The Hall–Kier alpha value is -2.62. The van der Waals surface area contributed by atoms with Crippen molar-refractivity contribution in [1.29, 1.82) is 0 Å². The largest absolute Gasteiger partial charge is 0.496 e. The molecule has 0 bridgehead atoms. The molecule has 1 aliphatic rings. The van der Waals surface area contributed by atoms with Crippen molar-refractivity contribution in [2.24, 2.45) is 0 Å². The second kappa shape index (κ2) is 6.87. The number of anilines is 1. The number of nitrogens with zero attached hydrogens (tertiary/aromatic N) is 1. The van der Waals surface area contributed by atoms with Gasteiger partial charge in [0.2, 0.25) is 5.91 Å². The zero-order valence-corrected chi connectivity index (χ0v) is 14.0. The lowest BCUT2D eigenvalue weighted by Gasteiger charge is -2.30. The van der Waals surface area contributed by atoms with Crippen LogP contribution >= 0.6 is 0 Å². The molecule has 0 unspecified atom stereocenters. The molecule has 0 aromatic heterocycles. The van der Waals surface area contributed by atoms with E-state index in [9.17, 15) is 9.59 Å². The molecule has 4 nitrogen and oxygen atoms in total. The van der Waals surface area contributed by atoms with Crippen LogP contribution in [0.5, 0.6) is 5.75 Å². The Balaban J connectivity index is 1.79. The fourth-order valence-corrected chi connectivity index (χ4v) is 3.24. The SMILES string of the molecule is COc1ccccc1CCC(=O)N1CCC(=O)c2cccc(C)c21. The molecule has 2 aromatic rings. The molecule has 1 heterocycles. The highest BCUT2D eigenvalue weighted by atomic mass is 16.5. The molecular formula is C20H21NO3. The first kappa shape index (κ1) is 16.2. The second-order valence-electron chi connectivity index (χ2n) is 6.00. The number of ether oxygens (including phenoxy) is 1. The number of fused-ring (bicyclic) bond motifs is 1. The third-order valence-corrected chi connectivity index (χ3v) is 4.47. The number of methoxy groups -OCH3 is 1. The summed E-state index contributed by atoms with van der Waals surface area (Å²) in [4.78, 5) is 26.6. The van der Waals surface area contributed by atoms with E-state index in [0.717, 1.165) is 22.6 Å². The zero-order chi connectivity index (χ0) is 17.1. The normalized spacial score (nSPS) is 13.6. The van der Waals surface area contributed by atoms with Crippen LogP contribution in [0.25, 0.3) is 0 Å². The number of aryl methyl sites for hydroxylation is 2. The maximum Gasteiger partial charge on any atom is 0.227 e. The maximum atomic E-state index is 12.8. The zero-order valence-electron chi connectivity index (χ0n) is 14.0. The molecule has 24 heavy (non-hydrogen) atoms. The van der Waals surface area contributed by atoms with E-state index in [2.05, 4.69) is 0 Å². The van der Waals surface area contributed by atoms with Crippen LogP contribution in [0.15, 0.2) is 42.5 Å². The van der Waals surface area contributed by atoms with Gasteiger partial charge in [-0.1, -0.05) is 30.3 Å². The summed E-state index contributed by atoms with van der Waals surface area (Å²) in [7, 11) is 1.64. The predicted molar refractivity (Wildman–Crippen MR) is 93.8 cm³/mol. The number of ketones is 1. The van der Waals surface area contributed by atoms with Crippen LogP contribution < -0.4 is 9.64 Å². The van der Waals surface area contributed by atoms with E-state index in [1.165, 1.54) is 0 Å². The van der Waals surface area contributed by atoms with Crippen molar-refractivity contribution in [3.8, 4) is 5.75 Å². The van der Waals surface area contributed by atoms with Crippen LogP contribution in [-0.2, 0) is 11.2 Å². The lowest BCUT2D eigenvalue weighted by atomic mass is 9.96. The van der Waals surface area contributed by atoms with Crippen molar-refractivity contribution < 1.29 is 14.3 Å². The van der Waals surface area contributed by atoms with Gasteiger partial charge in [-0.3, -0.25) is 9.59 Å². The van der Waals surface area contributed by atoms with Gasteiger partial charge < -0.3 is 9.64 Å². The van der Waals surface area contributed by atoms with Gasteiger partial charge in [-0.05, 0) is 36.6 Å². The molecule has 3 rings (SSSR count). The molecule has 0 saturated heterocycles. The standard InChI is InChI=1S/C20H21NO3/c1-14-6-5-8-16-17(22)12-13-21(20(14)16)19(23)11-10-15-7-3-4-9-18(15)24-2/h3-9H,10-13H2,1-2H3. The minimum Gasteiger partial charge on any atom is -0.496 e. The Kier molecular flexibility index (Phi) is 4.65. The number of carbonyl (C=O) groups excluding carboxylic acids is 2. The maximum absolute atomic E-state index is 12.8. The molecular weight excluding hydrogens is 302 g/mol. The lowest BCUT2D eigenvalue weighted by Crippen LogP contribution is -2.38. The molecule has 0 saturated carbocycles. The molecule has 124 valence electrons. The number of hydrogen-bond acceptors (Lipinski definition) is 3. The van der Waals surface area contributed by atoms with Crippen LogP contribution in [0.1, 0.15) is 34.3 Å². The van der Waals surface area contributed by atoms with Crippen LogP contribution in [0.3, 0.4) is 0 Å². The van der Waals surface area contributed by atoms with Gasteiger partial charge in [-0.2, -0.15) is 0 Å². The molecule has 0 N–H and O–H groups in total. The number of Topliss-reactive ketones (excluding diaryl/α,β-unsaturated/α-hetero) is 1. The molecule has 0 aliphatic carbocycles. The third-order valence-electron chi connectivity index (χ3n) is 4.47. The Morgan fingerprint density at radius 3 is 2.75 bits per heavy atom. The van der Waals surface area contributed by atoms with Crippen molar-refractivity contribution in [2.45, 2.75) is 26.2 Å². The van der Waals surface area contributed by atoms with Crippen molar-refractivity contribution in [3.05, 3.63) is 59.2 Å². The van der Waals surface area contributed by atoms with E-state index < -0.39 is 0 Å². The number of para-hydroxylation sites is 2. The summed E-state index contributed by atoms with van der Waals surface area (Å²) < 4.78 is 5.34. The van der Waals surface area contributed by atoms with Gasteiger partial charge in [-0.25, -0.2) is 0 Å². The fourth-order valence-electron chi connectivity index (χ4n) is 3.24. The van der Waals surface area contributed by atoms with Crippen molar-refractivity contribution >= 4 is 17.4 Å². The van der Waals surface area contributed by atoms with Gasteiger partial charge in [0.05, 0.1) is 12.8 Å². The quantitative estimate of drug-likeness (QED) is 0.864. The van der Waals surface area contributed by atoms with Gasteiger partial charge in [0.1, 0.15) is 5.75 Å². The molecule has 2 aromatic carbocycles. The summed E-state index contributed by atoms with van der Waals surface area (Å²) >= 11 is 0. The van der Waals surface area contributed by atoms with Crippen LogP contribution in [0, 0.1) is 6.92 Å². The first-order valence-electron chi connectivity index (χ1n) is 8.17. The number of rotatable bonds is 4. The van der Waals surface area contributed by atoms with Crippen molar-refractivity contribution in [2.75, 3.05) is 18.6 Å². The highest BCUT2D eigenvalue weighted by molar-refractivity contribution is 6.09. The topological polar surface area (TPSA) is 46.6 Å². The smallest absolute Gasteiger partial charge is 0.227 e. The van der Waals surface area contributed by atoms with Gasteiger partial charge in [0, 0.05) is 24.9 Å². The van der Waals surface area contributed by atoms with E-state index in [1.807, 2.05) is 49.4 Å². The molecule has 0 atom stereocenters. The van der Waals surface area contributed by atoms with Crippen LogP contribution in [0.4, 0.5) is 5.69 Å². The summed E-state index contributed by atoms with van der Waals surface area (Å²) in [5, 5.41) is 0. The first-order valence-corrected chi connectivity index (χ1v) is 8.17. The number of carbonyl (C=O) groups is 2. The van der Waals surface area contributed by atoms with Crippen LogP contribution in [-0.4, -0.2) is 25.3 Å². The highest BCUT2D eigenvalue weighted by Gasteiger charge is 2.28. The third kappa shape index (κ3) is 3.04. The van der Waals surface area contributed by atoms with Gasteiger partial charge >= 0.3 is 0 Å². The van der Waals surface area contributed by atoms with E-state index >= 15 is 0 Å². The summed E-state index contributed by atoms with van der Waals surface area (Å²) in [5.41, 5.74) is 3.42. The average molecular weight is 323 g/mol. The number of hydrogen-bond donors (Lipinski definition) is 0. The van der Waals surface area contributed by atoms with Crippen molar-refractivity contribution in [1.82, 2.24) is 0 Å². The number of amides is 1. The summed E-state index contributed by atoms with van der Waals surface area (Å²) in [6.45, 7) is 2.40. The Morgan fingerprint density at radius 1 is 1.17 bits per heavy atom. The van der Waals surface area contributed by atoms with E-state index in [1.54, 1.807) is 12.0 Å².